The van der Waals surface area contributed by atoms with Crippen molar-refractivity contribution in [2.75, 3.05) is 7.11 Å². The van der Waals surface area contributed by atoms with Crippen LogP contribution in [0.3, 0.4) is 0 Å². The number of amides is 3. The fourth-order valence-corrected chi connectivity index (χ4v) is 1.51. The van der Waals surface area contributed by atoms with Gasteiger partial charge in [0.1, 0.15) is 6.04 Å². The molecule has 0 radical (unpaired) electrons. The standard InChI is InChI=1S/C10H9FN2O3/c1-16-7-3-2-5(4-6(7)11)8-9(14)13-10(15)12-8/h2-4,8H,1H3,(H2,12,13,14,15). The lowest BCUT2D eigenvalue weighted by atomic mass is 10.1. The van der Waals surface area contributed by atoms with E-state index in [1.54, 1.807) is 0 Å². The first-order valence-electron chi connectivity index (χ1n) is 4.56. The second-order valence-corrected chi connectivity index (χ2v) is 3.29. The van der Waals surface area contributed by atoms with E-state index in [1.165, 1.54) is 19.2 Å². The van der Waals surface area contributed by atoms with Gasteiger partial charge in [0.05, 0.1) is 7.11 Å². The molecule has 84 valence electrons. The van der Waals surface area contributed by atoms with E-state index in [1.807, 2.05) is 0 Å². The molecule has 1 fully saturated rings. The van der Waals surface area contributed by atoms with E-state index >= 15 is 0 Å². The van der Waals surface area contributed by atoms with E-state index in [0.29, 0.717) is 5.56 Å². The second-order valence-electron chi connectivity index (χ2n) is 3.29. The number of imide groups is 1. The molecule has 1 saturated heterocycles. The third-order valence-corrected chi connectivity index (χ3v) is 2.28. The van der Waals surface area contributed by atoms with Gasteiger partial charge in [-0.2, -0.15) is 0 Å². The van der Waals surface area contributed by atoms with E-state index < -0.39 is 23.8 Å². The van der Waals surface area contributed by atoms with Crippen LogP contribution in [0, 0.1) is 5.82 Å². The van der Waals surface area contributed by atoms with Crippen LogP contribution in [0.2, 0.25) is 0 Å². The maximum atomic E-state index is 13.4. The number of hydrogen-bond donors (Lipinski definition) is 2. The molecule has 6 heteroatoms. The van der Waals surface area contributed by atoms with Crippen LogP contribution in [-0.2, 0) is 4.79 Å². The van der Waals surface area contributed by atoms with Gasteiger partial charge in [0.25, 0.3) is 5.91 Å². The van der Waals surface area contributed by atoms with Crippen LogP contribution in [0.5, 0.6) is 5.75 Å². The quantitative estimate of drug-likeness (QED) is 0.727. The predicted octanol–water partition coefficient (Wildman–Crippen LogP) is 0.715. The molecule has 1 aromatic carbocycles. The van der Waals surface area contributed by atoms with Gasteiger partial charge in [0.2, 0.25) is 0 Å². The molecule has 0 spiro atoms. The van der Waals surface area contributed by atoms with Gasteiger partial charge in [0.15, 0.2) is 11.6 Å². The summed E-state index contributed by atoms with van der Waals surface area (Å²) in [4.78, 5) is 22.2. The molecule has 1 aliphatic heterocycles. The highest BCUT2D eigenvalue weighted by atomic mass is 19.1. The molecule has 5 nitrogen and oxygen atoms in total. The molecule has 1 aromatic rings. The largest absolute Gasteiger partial charge is 0.494 e. The van der Waals surface area contributed by atoms with Crippen molar-refractivity contribution in [3.8, 4) is 5.75 Å². The summed E-state index contributed by atoms with van der Waals surface area (Å²) in [5.41, 5.74) is 0.377. The molecule has 16 heavy (non-hydrogen) atoms. The summed E-state index contributed by atoms with van der Waals surface area (Å²) in [6.45, 7) is 0. The van der Waals surface area contributed by atoms with Crippen molar-refractivity contribution in [2.24, 2.45) is 0 Å². The Morgan fingerprint density at radius 3 is 2.62 bits per heavy atom. The lowest BCUT2D eigenvalue weighted by Crippen LogP contribution is -2.22. The van der Waals surface area contributed by atoms with Gasteiger partial charge in [0, 0.05) is 0 Å². The third kappa shape index (κ3) is 1.69. The molecule has 1 heterocycles. The van der Waals surface area contributed by atoms with Crippen LogP contribution in [0.25, 0.3) is 0 Å². The summed E-state index contributed by atoms with van der Waals surface area (Å²) < 4.78 is 18.1. The van der Waals surface area contributed by atoms with Gasteiger partial charge in [-0.25, -0.2) is 9.18 Å². The number of rotatable bonds is 2. The minimum Gasteiger partial charge on any atom is -0.494 e. The van der Waals surface area contributed by atoms with Gasteiger partial charge in [-0.15, -0.1) is 0 Å². The first kappa shape index (κ1) is 10.4. The first-order chi connectivity index (χ1) is 7.61. The molecule has 2 rings (SSSR count). The van der Waals surface area contributed by atoms with Crippen molar-refractivity contribution in [2.45, 2.75) is 6.04 Å². The first-order valence-corrected chi connectivity index (χ1v) is 4.56. The summed E-state index contributed by atoms with van der Waals surface area (Å²) in [5, 5.41) is 4.45. The number of halogens is 1. The molecule has 0 saturated carbocycles. The molecule has 1 unspecified atom stereocenters. The molecule has 1 atom stereocenters. The smallest absolute Gasteiger partial charge is 0.322 e. The SMILES string of the molecule is COc1ccc(C2NC(=O)NC2=O)cc1F. The molecule has 2 N–H and O–H groups in total. The Hall–Kier alpha value is -2.11. The minimum absolute atomic E-state index is 0.0912. The lowest BCUT2D eigenvalue weighted by molar-refractivity contribution is -0.120. The van der Waals surface area contributed by atoms with Crippen LogP contribution >= 0.6 is 0 Å². The Bertz CT molecular complexity index is 461. The summed E-state index contributed by atoms with van der Waals surface area (Å²) in [6.07, 6.45) is 0. The minimum atomic E-state index is -0.840. The molecule has 0 bridgehead atoms. The van der Waals surface area contributed by atoms with Gasteiger partial charge < -0.3 is 10.1 Å². The van der Waals surface area contributed by atoms with Gasteiger partial charge in [-0.1, -0.05) is 6.07 Å². The van der Waals surface area contributed by atoms with Gasteiger partial charge in [-0.3, -0.25) is 10.1 Å². The lowest BCUT2D eigenvalue weighted by Gasteiger charge is -2.09. The average molecular weight is 224 g/mol. The predicted molar refractivity (Wildman–Crippen MR) is 52.4 cm³/mol. The fraction of sp³-hybridized carbons (Fsp3) is 0.200. The summed E-state index contributed by atoms with van der Waals surface area (Å²) >= 11 is 0. The van der Waals surface area contributed by atoms with Crippen LogP contribution in [-0.4, -0.2) is 19.0 Å². The summed E-state index contributed by atoms with van der Waals surface area (Å²) in [5.74, 6) is -0.975. The normalized spacial score (nSPS) is 19.2. The van der Waals surface area contributed by atoms with Crippen molar-refractivity contribution in [3.05, 3.63) is 29.6 Å². The highest BCUT2D eigenvalue weighted by Gasteiger charge is 2.31. The van der Waals surface area contributed by atoms with Crippen molar-refractivity contribution in [1.82, 2.24) is 10.6 Å². The Balaban J connectivity index is 2.31. The third-order valence-electron chi connectivity index (χ3n) is 2.28. The molecular weight excluding hydrogens is 215 g/mol. The van der Waals surface area contributed by atoms with Crippen molar-refractivity contribution in [3.63, 3.8) is 0 Å². The number of urea groups is 1. The number of methoxy groups -OCH3 is 1. The van der Waals surface area contributed by atoms with Crippen molar-refractivity contribution < 1.29 is 18.7 Å². The van der Waals surface area contributed by atoms with Crippen LogP contribution < -0.4 is 15.4 Å². The van der Waals surface area contributed by atoms with E-state index in [-0.39, 0.29) is 5.75 Å². The monoisotopic (exact) mass is 224 g/mol. The van der Waals surface area contributed by atoms with E-state index in [2.05, 4.69) is 10.6 Å². The number of carbonyl (C=O) groups is 2. The zero-order valence-electron chi connectivity index (χ0n) is 8.41. The number of benzene rings is 1. The average Bonchev–Trinajstić information content (AvgIpc) is 2.58. The highest BCUT2D eigenvalue weighted by Crippen LogP contribution is 2.23. The second kappa shape index (κ2) is 3.80. The van der Waals surface area contributed by atoms with E-state index in [9.17, 15) is 14.0 Å². The number of nitrogens with one attached hydrogen (secondary N) is 2. The van der Waals surface area contributed by atoms with Crippen molar-refractivity contribution >= 4 is 11.9 Å². The molecule has 0 aliphatic carbocycles. The maximum absolute atomic E-state index is 13.4. The highest BCUT2D eigenvalue weighted by molar-refractivity contribution is 6.04. The number of hydrogen-bond acceptors (Lipinski definition) is 3. The molecule has 3 amide bonds. The maximum Gasteiger partial charge on any atom is 0.322 e. The van der Waals surface area contributed by atoms with E-state index in [0.717, 1.165) is 6.07 Å². The summed E-state index contributed by atoms with van der Waals surface area (Å²) in [6, 6.07) is 2.67. The zero-order valence-corrected chi connectivity index (χ0v) is 8.41. The zero-order chi connectivity index (χ0) is 11.7. The Kier molecular flexibility index (Phi) is 2.47. The number of carbonyl (C=O) groups excluding carboxylic acids is 2. The molecule has 1 aliphatic rings. The van der Waals surface area contributed by atoms with Crippen LogP contribution in [0.15, 0.2) is 18.2 Å². The fourth-order valence-electron chi connectivity index (χ4n) is 1.51. The van der Waals surface area contributed by atoms with E-state index in [4.69, 9.17) is 4.74 Å². The van der Waals surface area contributed by atoms with Gasteiger partial charge in [-0.05, 0) is 17.7 Å². The Morgan fingerprint density at radius 1 is 1.38 bits per heavy atom. The topological polar surface area (TPSA) is 67.4 Å². The number of ether oxygens (including phenoxy) is 1. The van der Waals surface area contributed by atoms with Crippen molar-refractivity contribution in [1.29, 1.82) is 0 Å². The van der Waals surface area contributed by atoms with Gasteiger partial charge >= 0.3 is 6.03 Å². The Labute approximate surface area is 90.6 Å². The van der Waals surface area contributed by atoms with Crippen LogP contribution in [0.1, 0.15) is 11.6 Å². The molecule has 0 aromatic heterocycles. The summed E-state index contributed by atoms with van der Waals surface area (Å²) in [7, 11) is 1.35. The molecular formula is C10H9FN2O3. The Morgan fingerprint density at radius 2 is 2.12 bits per heavy atom. The van der Waals surface area contributed by atoms with Crippen LogP contribution in [0.4, 0.5) is 9.18 Å².